The van der Waals surface area contributed by atoms with Crippen molar-refractivity contribution in [1.29, 1.82) is 0 Å². The highest BCUT2D eigenvalue weighted by atomic mass is 32.1. The molecule has 0 unspecified atom stereocenters. The monoisotopic (exact) mass is 308 g/mol. The van der Waals surface area contributed by atoms with Crippen LogP contribution in [0.3, 0.4) is 0 Å². The van der Waals surface area contributed by atoms with Gasteiger partial charge in [0.05, 0.1) is 10.2 Å². The van der Waals surface area contributed by atoms with Crippen LogP contribution in [-0.2, 0) is 4.74 Å². The maximum absolute atomic E-state index is 11.7. The number of ether oxygens (including phenoxy) is 1. The second-order valence-corrected chi connectivity index (χ2v) is 6.67. The molecule has 0 spiro atoms. The lowest BCUT2D eigenvalue weighted by Crippen LogP contribution is -2.30. The molecule has 0 aliphatic heterocycles. The van der Waals surface area contributed by atoms with E-state index in [1.165, 1.54) is 11.3 Å². The number of anilines is 1. The van der Waals surface area contributed by atoms with E-state index in [0.29, 0.717) is 16.1 Å². The minimum atomic E-state index is -1.61. The van der Waals surface area contributed by atoms with Gasteiger partial charge < -0.3 is 14.8 Å². The van der Waals surface area contributed by atoms with Gasteiger partial charge in [-0.3, -0.25) is 5.32 Å². The second kappa shape index (κ2) is 5.63. The zero-order valence-corrected chi connectivity index (χ0v) is 13.1. The number of hydrogen-bond donors (Lipinski definition) is 3. The predicted octanol–water partition coefficient (Wildman–Crippen LogP) is 1.63. The van der Waals surface area contributed by atoms with Crippen molar-refractivity contribution in [3.8, 4) is 0 Å². The standard InChI is InChI=1S/C13H17BN2O4S/c1-7-5-6-8(14(18)19)9-10(7)21-11(15-9)16-12(17)20-13(2,3)4/h5-6,18-19H,1-4H3,(H,15,16,17). The van der Waals surface area contributed by atoms with Crippen molar-refractivity contribution in [3.63, 3.8) is 0 Å². The quantitative estimate of drug-likeness (QED) is 0.734. The summed E-state index contributed by atoms with van der Waals surface area (Å²) in [7, 11) is -1.61. The Labute approximate surface area is 126 Å². The molecule has 6 nitrogen and oxygen atoms in total. The molecule has 1 amide bonds. The minimum Gasteiger partial charge on any atom is -0.444 e. The van der Waals surface area contributed by atoms with Crippen LogP contribution in [0.15, 0.2) is 12.1 Å². The lowest BCUT2D eigenvalue weighted by Gasteiger charge is -2.18. The van der Waals surface area contributed by atoms with Crippen LogP contribution in [0, 0.1) is 6.92 Å². The molecule has 0 bridgehead atoms. The number of rotatable bonds is 2. The molecule has 3 N–H and O–H groups in total. The lowest BCUT2D eigenvalue weighted by atomic mass is 9.79. The summed E-state index contributed by atoms with van der Waals surface area (Å²) in [5, 5.41) is 21.7. The SMILES string of the molecule is Cc1ccc(B(O)O)c2nc(NC(=O)OC(C)(C)C)sc12. The van der Waals surface area contributed by atoms with Gasteiger partial charge in [0.25, 0.3) is 0 Å². The van der Waals surface area contributed by atoms with E-state index in [9.17, 15) is 14.8 Å². The third-order valence-electron chi connectivity index (χ3n) is 2.66. The van der Waals surface area contributed by atoms with Gasteiger partial charge in [-0.2, -0.15) is 0 Å². The average molecular weight is 308 g/mol. The first-order chi connectivity index (χ1) is 9.67. The van der Waals surface area contributed by atoms with Crippen molar-refractivity contribution in [1.82, 2.24) is 4.98 Å². The number of aryl methyl sites for hydroxylation is 1. The number of amides is 1. The first kappa shape index (κ1) is 15.7. The highest BCUT2D eigenvalue weighted by Crippen LogP contribution is 2.28. The minimum absolute atomic E-state index is 0.309. The van der Waals surface area contributed by atoms with Gasteiger partial charge in [-0.05, 0) is 33.3 Å². The first-order valence-electron chi connectivity index (χ1n) is 6.43. The van der Waals surface area contributed by atoms with Gasteiger partial charge in [0.2, 0.25) is 0 Å². The molecule has 0 aliphatic rings. The predicted molar refractivity (Wildman–Crippen MR) is 84.0 cm³/mol. The Morgan fingerprint density at radius 3 is 2.62 bits per heavy atom. The van der Waals surface area contributed by atoms with Crippen molar-refractivity contribution >= 4 is 45.4 Å². The van der Waals surface area contributed by atoms with Crippen LogP contribution < -0.4 is 10.8 Å². The zero-order valence-electron chi connectivity index (χ0n) is 12.3. The molecule has 112 valence electrons. The number of nitrogens with one attached hydrogen (secondary N) is 1. The molecule has 2 aromatic rings. The molecule has 0 aliphatic carbocycles. The molecule has 2 rings (SSSR count). The Kier molecular flexibility index (Phi) is 4.22. The number of carbonyl (C=O) groups is 1. The van der Waals surface area contributed by atoms with Gasteiger partial charge in [-0.15, -0.1) is 0 Å². The summed E-state index contributed by atoms with van der Waals surface area (Å²) in [6, 6.07) is 3.39. The van der Waals surface area contributed by atoms with Crippen LogP contribution in [0.25, 0.3) is 10.2 Å². The van der Waals surface area contributed by atoms with Crippen molar-refractivity contribution in [2.24, 2.45) is 0 Å². The highest BCUT2D eigenvalue weighted by molar-refractivity contribution is 7.22. The molecular weight excluding hydrogens is 291 g/mol. The van der Waals surface area contributed by atoms with E-state index in [2.05, 4.69) is 10.3 Å². The maximum atomic E-state index is 11.7. The van der Waals surface area contributed by atoms with Gasteiger partial charge in [-0.25, -0.2) is 9.78 Å². The Hall–Kier alpha value is -1.64. The van der Waals surface area contributed by atoms with E-state index in [4.69, 9.17) is 4.74 Å². The summed E-state index contributed by atoms with van der Waals surface area (Å²) in [5.74, 6) is 0. The van der Waals surface area contributed by atoms with Crippen molar-refractivity contribution in [2.75, 3.05) is 5.32 Å². The van der Waals surface area contributed by atoms with E-state index < -0.39 is 18.8 Å². The van der Waals surface area contributed by atoms with Crippen LogP contribution in [0.2, 0.25) is 0 Å². The fourth-order valence-electron chi connectivity index (χ4n) is 1.81. The first-order valence-corrected chi connectivity index (χ1v) is 7.25. The summed E-state index contributed by atoms with van der Waals surface area (Å²) in [6.07, 6.45) is -0.592. The summed E-state index contributed by atoms with van der Waals surface area (Å²) in [6.45, 7) is 7.21. The van der Waals surface area contributed by atoms with E-state index in [1.807, 2.05) is 6.92 Å². The third-order valence-corrected chi connectivity index (χ3v) is 3.76. The van der Waals surface area contributed by atoms with Crippen LogP contribution in [0.5, 0.6) is 0 Å². The normalized spacial score (nSPS) is 11.5. The molecule has 0 saturated carbocycles. The average Bonchev–Trinajstić information content (AvgIpc) is 2.70. The molecular formula is C13H17BN2O4S. The summed E-state index contributed by atoms with van der Waals surface area (Å²) in [5.41, 5.74) is 1.14. The number of aromatic nitrogens is 1. The van der Waals surface area contributed by atoms with E-state index in [-0.39, 0.29) is 0 Å². The summed E-state index contributed by atoms with van der Waals surface area (Å²) >= 11 is 1.26. The largest absolute Gasteiger partial charge is 0.490 e. The molecule has 21 heavy (non-hydrogen) atoms. The molecule has 8 heteroatoms. The number of thiazole rings is 1. The highest BCUT2D eigenvalue weighted by Gasteiger charge is 2.21. The second-order valence-electron chi connectivity index (χ2n) is 5.67. The molecule has 0 fully saturated rings. The number of carbonyl (C=O) groups excluding carboxylic acids is 1. The van der Waals surface area contributed by atoms with E-state index >= 15 is 0 Å². The summed E-state index contributed by atoms with van der Waals surface area (Å²) < 4.78 is 5.96. The molecule has 0 radical (unpaired) electrons. The van der Waals surface area contributed by atoms with Crippen molar-refractivity contribution < 1.29 is 19.6 Å². The van der Waals surface area contributed by atoms with Crippen LogP contribution in [0.1, 0.15) is 26.3 Å². The molecule has 0 atom stereocenters. The van der Waals surface area contributed by atoms with Gasteiger partial charge in [0.1, 0.15) is 5.60 Å². The Morgan fingerprint density at radius 2 is 2.05 bits per heavy atom. The summed E-state index contributed by atoms with van der Waals surface area (Å²) in [4.78, 5) is 16.0. The lowest BCUT2D eigenvalue weighted by molar-refractivity contribution is 0.0636. The molecule has 1 aromatic heterocycles. The van der Waals surface area contributed by atoms with Crippen LogP contribution in [0.4, 0.5) is 9.93 Å². The number of hydrogen-bond acceptors (Lipinski definition) is 6. The Morgan fingerprint density at radius 1 is 1.38 bits per heavy atom. The van der Waals surface area contributed by atoms with Crippen LogP contribution >= 0.6 is 11.3 Å². The van der Waals surface area contributed by atoms with Crippen LogP contribution in [-0.4, -0.2) is 33.8 Å². The van der Waals surface area contributed by atoms with E-state index in [0.717, 1.165) is 10.3 Å². The van der Waals surface area contributed by atoms with Gasteiger partial charge in [-0.1, -0.05) is 23.5 Å². The third kappa shape index (κ3) is 3.72. The maximum Gasteiger partial charge on any atom is 0.490 e. The van der Waals surface area contributed by atoms with Crippen molar-refractivity contribution in [2.45, 2.75) is 33.3 Å². The molecule has 1 aromatic carbocycles. The topological polar surface area (TPSA) is 91.7 Å². The van der Waals surface area contributed by atoms with Gasteiger partial charge in [0.15, 0.2) is 5.13 Å². The number of nitrogens with zero attached hydrogens (tertiary/aromatic N) is 1. The van der Waals surface area contributed by atoms with E-state index in [1.54, 1.807) is 32.9 Å². The fraction of sp³-hybridized carbons (Fsp3) is 0.385. The smallest absolute Gasteiger partial charge is 0.444 e. The zero-order chi connectivity index (χ0) is 15.8. The Balaban J connectivity index is 2.33. The number of fused-ring (bicyclic) bond motifs is 1. The molecule has 0 saturated heterocycles. The number of benzene rings is 1. The van der Waals surface area contributed by atoms with Gasteiger partial charge in [0, 0.05) is 5.46 Å². The Bertz CT molecular complexity index is 679. The fourth-order valence-corrected chi connectivity index (χ4v) is 2.76. The van der Waals surface area contributed by atoms with Gasteiger partial charge >= 0.3 is 13.2 Å². The molecule has 1 heterocycles. The van der Waals surface area contributed by atoms with Crippen molar-refractivity contribution in [3.05, 3.63) is 17.7 Å².